The van der Waals surface area contributed by atoms with Gasteiger partial charge in [0.1, 0.15) is 5.82 Å². The van der Waals surface area contributed by atoms with Crippen molar-refractivity contribution in [2.45, 2.75) is 24.1 Å². The highest BCUT2D eigenvalue weighted by atomic mass is 32.2. The van der Waals surface area contributed by atoms with E-state index >= 15 is 0 Å². The highest BCUT2D eigenvalue weighted by Gasteiger charge is 2.31. The van der Waals surface area contributed by atoms with Gasteiger partial charge in [0.05, 0.1) is 0 Å². The first kappa shape index (κ1) is 17.1. The molecule has 0 atom stereocenters. The minimum atomic E-state index is -0.217. The predicted octanol–water partition coefficient (Wildman–Crippen LogP) is 2.40. The number of thioether (sulfide) groups is 1. The molecule has 1 aromatic rings. The summed E-state index contributed by atoms with van der Waals surface area (Å²) in [5.74, 6) is 0.523. The largest absolute Gasteiger partial charge is 0.381 e. The second-order valence-corrected chi connectivity index (χ2v) is 6.68. The third-order valence-electron chi connectivity index (χ3n) is 3.99. The summed E-state index contributed by atoms with van der Waals surface area (Å²) in [6, 6.07) is 6.59. The second-order valence-electron chi connectivity index (χ2n) is 5.41. The van der Waals surface area contributed by atoms with Gasteiger partial charge >= 0.3 is 0 Å². The van der Waals surface area contributed by atoms with Crippen LogP contribution in [0.1, 0.15) is 18.4 Å². The van der Waals surface area contributed by atoms with E-state index in [-0.39, 0.29) is 10.6 Å². The molecule has 0 amide bonds. The van der Waals surface area contributed by atoms with Gasteiger partial charge in [0.2, 0.25) is 0 Å². The number of rotatable bonds is 5. The molecule has 0 aromatic heterocycles. The van der Waals surface area contributed by atoms with Gasteiger partial charge in [-0.15, -0.1) is 0 Å². The number of hydrogen-bond acceptors (Lipinski definition) is 3. The van der Waals surface area contributed by atoms with Crippen molar-refractivity contribution in [2.24, 2.45) is 4.99 Å². The van der Waals surface area contributed by atoms with E-state index in [2.05, 4.69) is 21.9 Å². The molecule has 1 aliphatic heterocycles. The number of nitrogens with one attached hydrogen (secondary N) is 2. The fourth-order valence-electron chi connectivity index (χ4n) is 2.49. The summed E-state index contributed by atoms with van der Waals surface area (Å²) in [5.41, 5.74) is 0.897. The maximum atomic E-state index is 13.2. The highest BCUT2D eigenvalue weighted by Crippen LogP contribution is 2.32. The normalized spacial score (nSPS) is 18.0. The fourth-order valence-corrected chi connectivity index (χ4v) is 3.29. The van der Waals surface area contributed by atoms with Gasteiger partial charge in [0, 0.05) is 38.1 Å². The molecular formula is C16H24FN3OS. The van der Waals surface area contributed by atoms with E-state index in [1.54, 1.807) is 13.1 Å². The molecule has 2 N–H and O–H groups in total. The summed E-state index contributed by atoms with van der Waals surface area (Å²) in [5, 5.41) is 6.61. The molecule has 1 heterocycles. The Bertz CT molecular complexity index is 504. The monoisotopic (exact) mass is 325 g/mol. The number of hydrogen-bond donors (Lipinski definition) is 2. The summed E-state index contributed by atoms with van der Waals surface area (Å²) >= 11 is 1.89. The Morgan fingerprint density at radius 1 is 1.36 bits per heavy atom. The Balaban J connectivity index is 1.84. The van der Waals surface area contributed by atoms with Crippen molar-refractivity contribution in [1.82, 2.24) is 10.6 Å². The molecule has 0 aliphatic carbocycles. The van der Waals surface area contributed by atoms with Gasteiger partial charge < -0.3 is 15.4 Å². The minimum absolute atomic E-state index is 0.203. The van der Waals surface area contributed by atoms with Crippen LogP contribution in [0.15, 0.2) is 29.3 Å². The third kappa shape index (κ3) is 4.88. The fraction of sp³-hybridized carbons (Fsp3) is 0.562. The Labute approximate surface area is 135 Å². The maximum Gasteiger partial charge on any atom is 0.191 e. The Morgan fingerprint density at radius 2 is 2.14 bits per heavy atom. The van der Waals surface area contributed by atoms with Crippen molar-refractivity contribution in [3.8, 4) is 0 Å². The molecule has 22 heavy (non-hydrogen) atoms. The molecule has 0 spiro atoms. The molecule has 0 unspecified atom stereocenters. The quantitative estimate of drug-likeness (QED) is 0.645. The molecule has 1 saturated heterocycles. The zero-order valence-electron chi connectivity index (χ0n) is 13.2. The summed E-state index contributed by atoms with van der Waals surface area (Å²) in [7, 11) is 1.75. The van der Waals surface area contributed by atoms with E-state index in [0.29, 0.717) is 6.54 Å². The molecule has 0 saturated carbocycles. The smallest absolute Gasteiger partial charge is 0.191 e. The Hall–Kier alpha value is -1.27. The zero-order valence-corrected chi connectivity index (χ0v) is 14.0. The average Bonchev–Trinajstić information content (AvgIpc) is 2.56. The number of guanidine groups is 1. The molecule has 0 bridgehead atoms. The van der Waals surface area contributed by atoms with E-state index in [1.807, 2.05) is 17.8 Å². The highest BCUT2D eigenvalue weighted by molar-refractivity contribution is 8.00. The molecule has 1 aromatic carbocycles. The Morgan fingerprint density at radius 3 is 2.77 bits per heavy atom. The molecule has 6 heteroatoms. The maximum absolute atomic E-state index is 13.2. The van der Waals surface area contributed by atoms with Crippen LogP contribution < -0.4 is 10.6 Å². The van der Waals surface area contributed by atoms with Crippen molar-refractivity contribution in [3.63, 3.8) is 0 Å². The van der Waals surface area contributed by atoms with Crippen molar-refractivity contribution in [2.75, 3.05) is 33.1 Å². The lowest BCUT2D eigenvalue weighted by Gasteiger charge is -2.36. The molecule has 1 fully saturated rings. The van der Waals surface area contributed by atoms with Gasteiger partial charge in [-0.25, -0.2) is 4.39 Å². The van der Waals surface area contributed by atoms with Gasteiger partial charge in [-0.1, -0.05) is 12.1 Å². The number of nitrogens with zero attached hydrogens (tertiary/aromatic N) is 1. The van der Waals surface area contributed by atoms with Crippen LogP contribution in [0.3, 0.4) is 0 Å². The first-order chi connectivity index (χ1) is 10.7. The van der Waals surface area contributed by atoms with Crippen LogP contribution >= 0.6 is 11.8 Å². The van der Waals surface area contributed by atoms with Crippen LogP contribution in [0.5, 0.6) is 0 Å². The van der Waals surface area contributed by atoms with E-state index in [4.69, 9.17) is 4.74 Å². The summed E-state index contributed by atoms with van der Waals surface area (Å²) in [4.78, 5) is 4.24. The zero-order chi connectivity index (χ0) is 15.8. The molecule has 1 aliphatic rings. The van der Waals surface area contributed by atoms with E-state index in [0.717, 1.165) is 44.1 Å². The van der Waals surface area contributed by atoms with E-state index < -0.39 is 0 Å². The number of ether oxygens (including phenoxy) is 1. The van der Waals surface area contributed by atoms with Crippen LogP contribution in [0.4, 0.5) is 4.39 Å². The standard InChI is InChI=1S/C16H24FN3OS/c1-18-15(19-11-13-4-3-5-14(17)10-13)20-12-16(22-2)6-8-21-9-7-16/h3-5,10H,6-9,11-12H2,1-2H3,(H2,18,19,20). The first-order valence-corrected chi connectivity index (χ1v) is 8.72. The van der Waals surface area contributed by atoms with E-state index in [9.17, 15) is 4.39 Å². The van der Waals surface area contributed by atoms with Crippen LogP contribution in [0, 0.1) is 5.82 Å². The van der Waals surface area contributed by atoms with Gasteiger partial charge in [0.25, 0.3) is 0 Å². The molecule has 122 valence electrons. The minimum Gasteiger partial charge on any atom is -0.381 e. The lowest BCUT2D eigenvalue weighted by atomic mass is 9.99. The van der Waals surface area contributed by atoms with Crippen molar-refractivity contribution < 1.29 is 9.13 Å². The SMILES string of the molecule is CN=C(NCc1cccc(F)c1)NCC1(SC)CCOCC1. The summed E-state index contributed by atoms with van der Waals surface area (Å²) in [6.07, 6.45) is 4.24. The van der Waals surface area contributed by atoms with Crippen LogP contribution in [0.25, 0.3) is 0 Å². The topological polar surface area (TPSA) is 45.7 Å². The van der Waals surface area contributed by atoms with Crippen LogP contribution in [0.2, 0.25) is 0 Å². The van der Waals surface area contributed by atoms with Gasteiger partial charge in [0.15, 0.2) is 5.96 Å². The predicted molar refractivity (Wildman–Crippen MR) is 90.9 cm³/mol. The lowest BCUT2D eigenvalue weighted by Crippen LogP contribution is -2.47. The third-order valence-corrected chi connectivity index (χ3v) is 5.41. The number of halogens is 1. The van der Waals surface area contributed by atoms with E-state index in [1.165, 1.54) is 12.1 Å². The molecular weight excluding hydrogens is 301 g/mol. The van der Waals surface area contributed by atoms with Crippen LogP contribution in [-0.4, -0.2) is 43.8 Å². The second kappa shape index (κ2) is 8.39. The molecule has 4 nitrogen and oxygen atoms in total. The first-order valence-electron chi connectivity index (χ1n) is 7.49. The average molecular weight is 325 g/mol. The van der Waals surface area contributed by atoms with Crippen molar-refractivity contribution in [3.05, 3.63) is 35.6 Å². The lowest BCUT2D eigenvalue weighted by molar-refractivity contribution is 0.0783. The van der Waals surface area contributed by atoms with Crippen LogP contribution in [-0.2, 0) is 11.3 Å². The Kier molecular flexibility index (Phi) is 6.51. The summed E-state index contributed by atoms with van der Waals surface area (Å²) in [6.45, 7) is 3.03. The summed E-state index contributed by atoms with van der Waals surface area (Å²) < 4.78 is 18.8. The van der Waals surface area contributed by atoms with Crippen molar-refractivity contribution in [1.29, 1.82) is 0 Å². The number of aliphatic imine (C=N–C) groups is 1. The molecule has 2 rings (SSSR count). The van der Waals surface area contributed by atoms with Gasteiger partial charge in [-0.2, -0.15) is 11.8 Å². The number of benzene rings is 1. The van der Waals surface area contributed by atoms with Gasteiger partial charge in [-0.3, -0.25) is 4.99 Å². The van der Waals surface area contributed by atoms with Gasteiger partial charge in [-0.05, 0) is 36.8 Å². The molecule has 0 radical (unpaired) electrons. The van der Waals surface area contributed by atoms with Crippen molar-refractivity contribution >= 4 is 17.7 Å².